The Hall–Kier alpha value is -2.63. The molecule has 2 N–H and O–H groups in total. The van der Waals surface area contributed by atoms with Gasteiger partial charge in [0.05, 0.1) is 34.5 Å². The lowest BCUT2D eigenvalue weighted by Crippen LogP contribution is -2.33. The van der Waals surface area contributed by atoms with E-state index in [1.165, 1.54) is 0 Å². The van der Waals surface area contributed by atoms with E-state index in [-0.39, 0.29) is 17.9 Å². The van der Waals surface area contributed by atoms with Crippen LogP contribution in [0.25, 0.3) is 11.0 Å². The highest BCUT2D eigenvalue weighted by Crippen LogP contribution is 2.24. The molecule has 0 bridgehead atoms. The normalized spacial score (nSPS) is 15.3. The summed E-state index contributed by atoms with van der Waals surface area (Å²) in [7, 11) is 0. The van der Waals surface area contributed by atoms with Gasteiger partial charge < -0.3 is 10.3 Å². The van der Waals surface area contributed by atoms with Crippen molar-refractivity contribution in [1.82, 2.24) is 25.1 Å². The number of aromatic nitrogens is 4. The molecule has 0 saturated carbocycles. The predicted octanol–water partition coefficient (Wildman–Crippen LogP) is 3.22. The Kier molecular flexibility index (Phi) is 4.03. The standard InChI is InChI=1S/C19H23N5O/c1-12(2)17(18-21-14-7-3-4-8-15(14)22-18)23-19(25)13-11-20-24-10-6-5-9-16(13)24/h3-4,7-8,11-12,17H,5-6,9-10H2,1-2H3,(H,21,22)(H,23,25). The second-order valence-corrected chi connectivity index (χ2v) is 7.02. The SMILES string of the molecule is CC(C)C(NC(=O)c1cnn2c1CCCC2)c1nc2ccccc2[nH]1. The van der Waals surface area contributed by atoms with Crippen LogP contribution in [0.1, 0.15) is 54.6 Å². The third kappa shape index (κ3) is 2.92. The van der Waals surface area contributed by atoms with Gasteiger partial charge in [-0.25, -0.2) is 4.98 Å². The minimum atomic E-state index is -0.168. The van der Waals surface area contributed by atoms with Crippen LogP contribution < -0.4 is 5.32 Å². The van der Waals surface area contributed by atoms with Crippen LogP contribution in [0, 0.1) is 5.92 Å². The van der Waals surface area contributed by atoms with E-state index in [1.807, 2.05) is 28.9 Å². The molecule has 130 valence electrons. The number of aromatic amines is 1. The largest absolute Gasteiger partial charge is 0.342 e. The molecule has 4 rings (SSSR count). The number of benzene rings is 1. The molecule has 2 aromatic heterocycles. The fraction of sp³-hybridized carbons (Fsp3) is 0.421. The van der Waals surface area contributed by atoms with E-state index in [4.69, 9.17) is 0 Å². The topological polar surface area (TPSA) is 75.6 Å². The summed E-state index contributed by atoms with van der Waals surface area (Å²) in [5.74, 6) is 0.948. The van der Waals surface area contributed by atoms with Crippen molar-refractivity contribution in [2.75, 3.05) is 0 Å². The van der Waals surface area contributed by atoms with Crippen molar-refractivity contribution in [3.63, 3.8) is 0 Å². The summed E-state index contributed by atoms with van der Waals surface area (Å²) < 4.78 is 1.96. The van der Waals surface area contributed by atoms with E-state index in [0.717, 1.165) is 48.4 Å². The van der Waals surface area contributed by atoms with Gasteiger partial charge in [0.2, 0.25) is 0 Å². The quantitative estimate of drug-likeness (QED) is 0.767. The minimum Gasteiger partial charge on any atom is -0.342 e. The zero-order valence-electron chi connectivity index (χ0n) is 14.6. The summed E-state index contributed by atoms with van der Waals surface area (Å²) in [5.41, 5.74) is 3.65. The van der Waals surface area contributed by atoms with E-state index >= 15 is 0 Å². The molecule has 6 heteroatoms. The smallest absolute Gasteiger partial charge is 0.255 e. The van der Waals surface area contributed by atoms with E-state index < -0.39 is 0 Å². The predicted molar refractivity (Wildman–Crippen MR) is 96.3 cm³/mol. The lowest BCUT2D eigenvalue weighted by atomic mass is 10.0. The Morgan fingerprint density at radius 2 is 2.12 bits per heavy atom. The molecule has 1 aliphatic heterocycles. The molecule has 1 aliphatic rings. The molecule has 0 spiro atoms. The maximum absolute atomic E-state index is 12.9. The number of nitrogens with one attached hydrogen (secondary N) is 2. The Bertz CT molecular complexity index is 875. The number of H-pyrrole nitrogens is 1. The van der Waals surface area contributed by atoms with Crippen molar-refractivity contribution < 1.29 is 4.79 Å². The minimum absolute atomic E-state index is 0.0673. The van der Waals surface area contributed by atoms with Crippen LogP contribution in [0.2, 0.25) is 0 Å². The summed E-state index contributed by atoms with van der Waals surface area (Å²) in [5, 5.41) is 7.53. The van der Waals surface area contributed by atoms with Gasteiger partial charge in [0, 0.05) is 6.54 Å². The van der Waals surface area contributed by atoms with Gasteiger partial charge in [-0.15, -0.1) is 0 Å². The zero-order valence-corrected chi connectivity index (χ0v) is 14.6. The highest BCUT2D eigenvalue weighted by molar-refractivity contribution is 5.95. The lowest BCUT2D eigenvalue weighted by molar-refractivity contribution is 0.0922. The zero-order chi connectivity index (χ0) is 17.4. The van der Waals surface area contributed by atoms with Gasteiger partial charge in [-0.3, -0.25) is 9.48 Å². The Balaban J connectivity index is 1.61. The first kappa shape index (κ1) is 15.9. The highest BCUT2D eigenvalue weighted by atomic mass is 16.1. The van der Waals surface area contributed by atoms with Crippen LogP contribution in [0.4, 0.5) is 0 Å². The number of rotatable bonds is 4. The van der Waals surface area contributed by atoms with Gasteiger partial charge in [-0.05, 0) is 37.3 Å². The van der Waals surface area contributed by atoms with Crippen molar-refractivity contribution in [3.8, 4) is 0 Å². The number of carbonyl (C=O) groups excluding carboxylic acids is 1. The second-order valence-electron chi connectivity index (χ2n) is 7.02. The van der Waals surface area contributed by atoms with Gasteiger partial charge in [0.1, 0.15) is 5.82 Å². The molecule has 1 aromatic carbocycles. The number of fused-ring (bicyclic) bond motifs is 2. The highest BCUT2D eigenvalue weighted by Gasteiger charge is 2.25. The molecule has 6 nitrogen and oxygen atoms in total. The summed E-state index contributed by atoms with van der Waals surface area (Å²) in [6.45, 7) is 5.08. The van der Waals surface area contributed by atoms with Gasteiger partial charge >= 0.3 is 0 Å². The molecular weight excluding hydrogens is 314 g/mol. The summed E-state index contributed by atoms with van der Waals surface area (Å²) in [6.07, 6.45) is 4.86. The molecule has 0 radical (unpaired) electrons. The monoisotopic (exact) mass is 337 g/mol. The molecular formula is C19H23N5O. The van der Waals surface area contributed by atoms with Gasteiger partial charge in [0.25, 0.3) is 5.91 Å². The van der Waals surface area contributed by atoms with Crippen molar-refractivity contribution >= 4 is 16.9 Å². The molecule has 25 heavy (non-hydrogen) atoms. The second kappa shape index (κ2) is 6.35. The molecule has 1 unspecified atom stereocenters. The number of aryl methyl sites for hydroxylation is 1. The Morgan fingerprint density at radius 1 is 1.28 bits per heavy atom. The van der Waals surface area contributed by atoms with Crippen molar-refractivity contribution in [2.24, 2.45) is 5.92 Å². The molecule has 1 atom stereocenters. The number of hydrogen-bond donors (Lipinski definition) is 2. The van der Waals surface area contributed by atoms with Crippen molar-refractivity contribution in [2.45, 2.75) is 45.7 Å². The number of amides is 1. The summed E-state index contributed by atoms with van der Waals surface area (Å²) in [6, 6.07) is 7.75. The fourth-order valence-electron chi connectivity index (χ4n) is 3.50. The molecule has 0 aliphatic carbocycles. The molecule has 0 saturated heterocycles. The van der Waals surface area contributed by atoms with Crippen LogP contribution >= 0.6 is 0 Å². The molecule has 1 amide bonds. The maximum atomic E-state index is 12.9. The average Bonchev–Trinajstić information content (AvgIpc) is 3.23. The number of para-hydroxylation sites is 2. The number of nitrogens with zero attached hydrogens (tertiary/aromatic N) is 3. The maximum Gasteiger partial charge on any atom is 0.255 e. The van der Waals surface area contributed by atoms with Crippen molar-refractivity contribution in [1.29, 1.82) is 0 Å². The summed E-state index contributed by atoms with van der Waals surface area (Å²) in [4.78, 5) is 20.9. The first-order valence-electron chi connectivity index (χ1n) is 8.93. The van der Waals surface area contributed by atoms with E-state index in [9.17, 15) is 4.79 Å². The Morgan fingerprint density at radius 3 is 2.92 bits per heavy atom. The van der Waals surface area contributed by atoms with E-state index in [2.05, 4.69) is 34.2 Å². The third-order valence-electron chi connectivity index (χ3n) is 4.88. The fourth-order valence-corrected chi connectivity index (χ4v) is 3.50. The number of imidazole rings is 1. The van der Waals surface area contributed by atoms with Gasteiger partial charge in [-0.1, -0.05) is 26.0 Å². The van der Waals surface area contributed by atoms with Crippen LogP contribution in [0.3, 0.4) is 0 Å². The van der Waals surface area contributed by atoms with Crippen molar-refractivity contribution in [3.05, 3.63) is 47.5 Å². The first-order chi connectivity index (χ1) is 12.1. The Labute approximate surface area is 146 Å². The van der Waals surface area contributed by atoms with Gasteiger partial charge in [-0.2, -0.15) is 5.10 Å². The molecule has 3 heterocycles. The molecule has 3 aromatic rings. The number of carbonyl (C=O) groups is 1. The summed E-state index contributed by atoms with van der Waals surface area (Å²) >= 11 is 0. The average molecular weight is 337 g/mol. The van der Waals surface area contributed by atoms with Gasteiger partial charge in [0.15, 0.2) is 0 Å². The lowest BCUT2D eigenvalue weighted by Gasteiger charge is -2.21. The van der Waals surface area contributed by atoms with E-state index in [1.54, 1.807) is 6.20 Å². The van der Waals surface area contributed by atoms with Crippen LogP contribution in [-0.2, 0) is 13.0 Å². The molecule has 0 fully saturated rings. The van der Waals surface area contributed by atoms with Crippen LogP contribution in [0.5, 0.6) is 0 Å². The third-order valence-corrected chi connectivity index (χ3v) is 4.88. The first-order valence-corrected chi connectivity index (χ1v) is 8.93. The van der Waals surface area contributed by atoms with E-state index in [0.29, 0.717) is 5.56 Å². The van der Waals surface area contributed by atoms with Crippen LogP contribution in [0.15, 0.2) is 30.5 Å². The number of hydrogen-bond acceptors (Lipinski definition) is 3. The van der Waals surface area contributed by atoms with Crippen LogP contribution in [-0.4, -0.2) is 25.7 Å².